The van der Waals surface area contributed by atoms with Gasteiger partial charge in [0, 0.05) is 23.4 Å². The molecule has 1 N–H and O–H groups in total. The number of nitrogens with one attached hydrogen (secondary N) is 1. The van der Waals surface area contributed by atoms with Crippen molar-refractivity contribution in [3.05, 3.63) is 119 Å². The first-order chi connectivity index (χ1) is 15.8. The number of allylic oxidation sites excluding steroid dienone is 2. The summed E-state index contributed by atoms with van der Waals surface area (Å²) in [5.74, 6) is 1.06. The largest absolute Gasteiger partial charge is 0.378 e. The Morgan fingerprint density at radius 2 is 1.75 bits per heavy atom. The number of anilines is 1. The molecule has 4 aromatic rings. The molecule has 6 rings (SSSR count). The van der Waals surface area contributed by atoms with Gasteiger partial charge in [0.2, 0.25) is 0 Å². The van der Waals surface area contributed by atoms with Crippen molar-refractivity contribution in [3.8, 4) is 0 Å². The summed E-state index contributed by atoms with van der Waals surface area (Å²) in [4.78, 5) is 4.77. The molecule has 32 heavy (non-hydrogen) atoms. The zero-order chi connectivity index (χ0) is 21.5. The van der Waals surface area contributed by atoms with E-state index in [-0.39, 0.29) is 0 Å². The average molecular weight is 415 g/mol. The monoisotopic (exact) mass is 414 g/mol. The van der Waals surface area contributed by atoms with Crippen molar-refractivity contribution in [3.63, 3.8) is 0 Å². The molecular weight excluding hydrogens is 388 g/mol. The van der Waals surface area contributed by atoms with Crippen LogP contribution in [0.1, 0.15) is 40.6 Å². The van der Waals surface area contributed by atoms with Crippen molar-refractivity contribution in [2.45, 2.75) is 25.3 Å². The van der Waals surface area contributed by atoms with Gasteiger partial charge in [-0.05, 0) is 59.4 Å². The van der Waals surface area contributed by atoms with Crippen molar-refractivity contribution < 1.29 is 0 Å². The third-order valence-corrected chi connectivity index (χ3v) is 6.95. The normalized spacial score (nSPS) is 21.5. The second kappa shape index (κ2) is 7.80. The topological polar surface area (TPSA) is 24.4 Å². The van der Waals surface area contributed by atoms with Crippen molar-refractivity contribution in [2.24, 2.45) is 10.9 Å². The predicted octanol–water partition coefficient (Wildman–Crippen LogP) is 7.73. The molecule has 0 spiro atoms. The molecule has 0 radical (unpaired) electrons. The summed E-state index contributed by atoms with van der Waals surface area (Å²) in [6, 6.07) is 30.7. The number of benzene rings is 4. The highest BCUT2D eigenvalue weighted by Gasteiger charge is 2.37. The van der Waals surface area contributed by atoms with Gasteiger partial charge in [-0.1, -0.05) is 84.4 Å². The number of aryl methyl sites for hydroxylation is 1. The molecule has 1 heterocycles. The van der Waals surface area contributed by atoms with Gasteiger partial charge in [-0.15, -0.1) is 0 Å². The summed E-state index contributed by atoms with van der Waals surface area (Å²) in [6.45, 7) is 2.18. The van der Waals surface area contributed by atoms with Gasteiger partial charge >= 0.3 is 0 Å². The minimum absolute atomic E-state index is 0.321. The fourth-order valence-electron chi connectivity index (χ4n) is 5.32. The lowest BCUT2D eigenvalue weighted by Crippen LogP contribution is -2.29. The van der Waals surface area contributed by atoms with Gasteiger partial charge in [-0.25, -0.2) is 0 Å². The lowest BCUT2D eigenvalue weighted by molar-refractivity contribution is 0.425. The molecule has 2 aliphatic rings. The summed E-state index contributed by atoms with van der Waals surface area (Å²) >= 11 is 0. The Morgan fingerprint density at radius 3 is 2.66 bits per heavy atom. The Labute approximate surface area is 189 Å². The molecule has 2 nitrogen and oxygen atoms in total. The highest BCUT2D eigenvalue weighted by Crippen LogP contribution is 2.50. The maximum Gasteiger partial charge on any atom is 0.0630 e. The number of nitrogens with zero attached hydrogens (tertiary/aromatic N) is 1. The van der Waals surface area contributed by atoms with Crippen molar-refractivity contribution in [1.29, 1.82) is 0 Å². The third kappa shape index (κ3) is 3.33. The van der Waals surface area contributed by atoms with Crippen LogP contribution in [0.25, 0.3) is 10.8 Å². The molecule has 156 valence electrons. The first-order valence-electron chi connectivity index (χ1n) is 11.4. The van der Waals surface area contributed by atoms with E-state index >= 15 is 0 Å². The highest BCUT2D eigenvalue weighted by molar-refractivity contribution is 6.00. The van der Waals surface area contributed by atoms with Crippen LogP contribution in [0.4, 0.5) is 11.4 Å². The molecular formula is C30H26N2. The van der Waals surface area contributed by atoms with E-state index in [1.807, 2.05) is 6.21 Å². The number of rotatable bonds is 3. The fraction of sp³-hybridized carbons (Fsp3) is 0.167. The standard InChI is InChI=1S/C30H26N2/c1-20-12-17-29-28(18-20)26-10-5-11-27(26)30(32-29)22-13-15-24(16-14-22)31-19-23-8-4-7-21-6-2-3-9-25(21)23/h2-10,12-19,26-27,30,32H,11H2,1H3/t26-,27+,30+/m1/s1. The van der Waals surface area contributed by atoms with Gasteiger partial charge < -0.3 is 5.32 Å². The minimum Gasteiger partial charge on any atom is -0.378 e. The molecule has 0 unspecified atom stereocenters. The van der Waals surface area contributed by atoms with E-state index < -0.39 is 0 Å². The third-order valence-electron chi connectivity index (χ3n) is 6.95. The van der Waals surface area contributed by atoms with Crippen LogP contribution in [-0.4, -0.2) is 6.21 Å². The fourth-order valence-corrected chi connectivity index (χ4v) is 5.32. The number of hydrogen-bond acceptors (Lipinski definition) is 2. The predicted molar refractivity (Wildman–Crippen MR) is 135 cm³/mol. The number of fused-ring (bicyclic) bond motifs is 4. The van der Waals surface area contributed by atoms with Gasteiger partial charge in [0.15, 0.2) is 0 Å². The van der Waals surface area contributed by atoms with Crippen LogP contribution < -0.4 is 5.32 Å². The van der Waals surface area contributed by atoms with Crippen LogP contribution in [0.2, 0.25) is 0 Å². The van der Waals surface area contributed by atoms with E-state index in [0.717, 1.165) is 17.7 Å². The van der Waals surface area contributed by atoms with Gasteiger partial charge in [0.1, 0.15) is 0 Å². The number of aliphatic imine (C=N–C) groups is 1. The van der Waals surface area contributed by atoms with E-state index in [1.165, 1.54) is 33.2 Å². The molecule has 0 saturated carbocycles. The zero-order valence-corrected chi connectivity index (χ0v) is 18.2. The van der Waals surface area contributed by atoms with Crippen LogP contribution in [-0.2, 0) is 0 Å². The van der Waals surface area contributed by atoms with Gasteiger partial charge in [0.05, 0.1) is 11.7 Å². The van der Waals surface area contributed by atoms with E-state index in [1.54, 1.807) is 0 Å². The molecule has 3 atom stereocenters. The van der Waals surface area contributed by atoms with E-state index in [0.29, 0.717) is 17.9 Å². The maximum atomic E-state index is 4.77. The molecule has 0 amide bonds. The highest BCUT2D eigenvalue weighted by atomic mass is 15.0. The van der Waals surface area contributed by atoms with Crippen molar-refractivity contribution >= 4 is 28.4 Å². The maximum absolute atomic E-state index is 4.77. The van der Waals surface area contributed by atoms with Crippen LogP contribution >= 0.6 is 0 Å². The number of hydrogen-bond donors (Lipinski definition) is 1. The van der Waals surface area contributed by atoms with Crippen LogP contribution in [0, 0.1) is 12.8 Å². The summed E-state index contributed by atoms with van der Waals surface area (Å²) < 4.78 is 0. The summed E-state index contributed by atoms with van der Waals surface area (Å²) in [5.41, 5.74) is 7.50. The molecule has 1 aliphatic carbocycles. The molecule has 0 aromatic heterocycles. The van der Waals surface area contributed by atoms with Gasteiger partial charge in [0.25, 0.3) is 0 Å². The van der Waals surface area contributed by atoms with E-state index in [2.05, 4.69) is 109 Å². The lowest BCUT2D eigenvalue weighted by atomic mass is 9.76. The first kappa shape index (κ1) is 19.1. The van der Waals surface area contributed by atoms with Gasteiger partial charge in [-0.2, -0.15) is 0 Å². The van der Waals surface area contributed by atoms with Crippen LogP contribution in [0.5, 0.6) is 0 Å². The Bertz CT molecular complexity index is 1340. The van der Waals surface area contributed by atoms with E-state index in [4.69, 9.17) is 4.99 Å². The molecule has 0 bridgehead atoms. The quantitative estimate of drug-likeness (QED) is 0.269. The Balaban J connectivity index is 1.27. The lowest BCUT2D eigenvalue weighted by Gasteiger charge is -2.37. The van der Waals surface area contributed by atoms with Crippen molar-refractivity contribution in [1.82, 2.24) is 0 Å². The molecule has 0 fully saturated rings. The summed E-state index contributed by atoms with van der Waals surface area (Å²) in [7, 11) is 0. The Morgan fingerprint density at radius 1 is 0.906 bits per heavy atom. The van der Waals surface area contributed by atoms with E-state index in [9.17, 15) is 0 Å². The van der Waals surface area contributed by atoms with Crippen LogP contribution in [0.15, 0.2) is 102 Å². The van der Waals surface area contributed by atoms with Crippen molar-refractivity contribution in [2.75, 3.05) is 5.32 Å². The Hall–Kier alpha value is -3.65. The first-order valence-corrected chi connectivity index (χ1v) is 11.4. The summed E-state index contributed by atoms with van der Waals surface area (Å²) in [6.07, 6.45) is 7.85. The minimum atomic E-state index is 0.321. The second-order valence-electron chi connectivity index (χ2n) is 8.98. The molecule has 0 saturated heterocycles. The molecule has 4 aromatic carbocycles. The molecule has 2 heteroatoms. The van der Waals surface area contributed by atoms with Crippen LogP contribution in [0.3, 0.4) is 0 Å². The second-order valence-corrected chi connectivity index (χ2v) is 8.98. The van der Waals surface area contributed by atoms with Gasteiger partial charge in [-0.3, -0.25) is 4.99 Å². The smallest absolute Gasteiger partial charge is 0.0630 e. The SMILES string of the molecule is Cc1ccc2c(c1)[C@@H]1C=CC[C@@H]1[C@H](c1ccc(N=Cc3cccc4ccccc34)cc1)N2. The zero-order valence-electron chi connectivity index (χ0n) is 18.2. The average Bonchev–Trinajstić information content (AvgIpc) is 3.33. The summed E-state index contributed by atoms with van der Waals surface area (Å²) in [5, 5.41) is 6.30. The Kier molecular flexibility index (Phi) is 4.65. The molecule has 1 aliphatic heterocycles.